The number of nitrogens with zero attached hydrogens (tertiary/aromatic N) is 3. The molecule has 0 saturated carbocycles. The number of aromatic nitrogens is 3. The van der Waals surface area contributed by atoms with Gasteiger partial charge in [0.1, 0.15) is 0 Å². The van der Waals surface area contributed by atoms with Crippen LogP contribution in [0.2, 0.25) is 0 Å². The summed E-state index contributed by atoms with van der Waals surface area (Å²) in [6, 6.07) is 13.4. The smallest absolute Gasteiger partial charge is 0.267 e. The fraction of sp³-hybridized carbons (Fsp3) is 0.0625. The summed E-state index contributed by atoms with van der Waals surface area (Å²) in [4.78, 5) is 22.2. The molecule has 0 radical (unpaired) electrons. The Morgan fingerprint density at radius 2 is 1.95 bits per heavy atom. The van der Waals surface area contributed by atoms with Gasteiger partial charge in [0.2, 0.25) is 0 Å². The van der Waals surface area contributed by atoms with Crippen molar-refractivity contribution in [3.8, 4) is 0 Å². The molecule has 0 amide bonds. The summed E-state index contributed by atoms with van der Waals surface area (Å²) >= 11 is 1.39. The van der Waals surface area contributed by atoms with Crippen LogP contribution in [0.4, 0.5) is 0 Å². The highest BCUT2D eigenvalue weighted by atomic mass is 32.1. The zero-order valence-electron chi connectivity index (χ0n) is 11.3. The molecular formula is C16H11N3OS. The van der Waals surface area contributed by atoms with E-state index in [2.05, 4.69) is 9.97 Å². The number of imidazole rings is 1. The molecule has 0 unspecified atom stereocenters. The first kappa shape index (κ1) is 12.2. The second-order valence-electron chi connectivity index (χ2n) is 4.84. The highest BCUT2D eigenvalue weighted by molar-refractivity contribution is 7.15. The fourth-order valence-corrected chi connectivity index (χ4v) is 3.36. The Morgan fingerprint density at radius 1 is 1.10 bits per heavy atom. The van der Waals surface area contributed by atoms with Crippen LogP contribution in [0.25, 0.3) is 22.1 Å². The molecule has 3 aromatic heterocycles. The van der Waals surface area contributed by atoms with Gasteiger partial charge in [-0.15, -0.1) is 0 Å². The number of rotatable bonds is 1. The number of hydrogen-bond acceptors (Lipinski definition) is 4. The zero-order chi connectivity index (χ0) is 14.4. The van der Waals surface area contributed by atoms with Crippen molar-refractivity contribution in [1.82, 2.24) is 14.4 Å². The van der Waals surface area contributed by atoms with Gasteiger partial charge in [-0.05, 0) is 37.3 Å². The van der Waals surface area contributed by atoms with Gasteiger partial charge >= 0.3 is 0 Å². The molecule has 0 bridgehead atoms. The van der Waals surface area contributed by atoms with Gasteiger partial charge in [-0.1, -0.05) is 29.5 Å². The van der Waals surface area contributed by atoms with Crippen LogP contribution in [-0.4, -0.2) is 14.4 Å². The molecule has 4 nitrogen and oxygen atoms in total. The van der Waals surface area contributed by atoms with Gasteiger partial charge in [0.15, 0.2) is 4.96 Å². The molecule has 0 aliphatic carbocycles. The number of aryl methyl sites for hydroxylation is 1. The van der Waals surface area contributed by atoms with Crippen molar-refractivity contribution >= 4 is 33.4 Å². The molecule has 0 saturated heterocycles. The Balaban J connectivity index is 2.03. The van der Waals surface area contributed by atoms with Crippen LogP contribution >= 0.6 is 11.3 Å². The fourth-order valence-electron chi connectivity index (χ4n) is 2.39. The van der Waals surface area contributed by atoms with E-state index in [1.54, 1.807) is 4.40 Å². The van der Waals surface area contributed by atoms with Gasteiger partial charge in [-0.3, -0.25) is 9.78 Å². The summed E-state index contributed by atoms with van der Waals surface area (Å²) in [5.41, 5.74) is 3.39. The number of hydrogen-bond donors (Lipinski definition) is 0. The van der Waals surface area contributed by atoms with Crippen LogP contribution in [0, 0.1) is 6.92 Å². The van der Waals surface area contributed by atoms with Crippen LogP contribution < -0.4 is 10.1 Å². The van der Waals surface area contributed by atoms with Crippen molar-refractivity contribution in [2.24, 2.45) is 0 Å². The molecule has 4 rings (SSSR count). The minimum absolute atomic E-state index is 0.0352. The first-order valence-electron chi connectivity index (χ1n) is 6.58. The Bertz CT molecular complexity index is 1080. The number of pyridine rings is 1. The molecule has 0 spiro atoms. The summed E-state index contributed by atoms with van der Waals surface area (Å²) in [6.45, 7) is 1.93. The van der Waals surface area contributed by atoms with Gasteiger partial charge in [0, 0.05) is 5.69 Å². The molecule has 1 aromatic carbocycles. The van der Waals surface area contributed by atoms with Crippen molar-refractivity contribution in [3.63, 3.8) is 0 Å². The summed E-state index contributed by atoms with van der Waals surface area (Å²) in [5.74, 6) is 0. The molecule has 0 aliphatic heterocycles. The Hall–Kier alpha value is -2.53. The van der Waals surface area contributed by atoms with E-state index in [0.717, 1.165) is 27.4 Å². The Labute approximate surface area is 124 Å². The van der Waals surface area contributed by atoms with Crippen LogP contribution in [0.15, 0.2) is 47.3 Å². The standard InChI is InChI=1S/C16H11N3OS/c1-10-5-4-6-11(17-10)9-14-15(20)19-13-8-3-2-7-12(13)18-16(19)21-14/h2-9H,1H3/b14-9-. The minimum atomic E-state index is -0.0352. The van der Waals surface area contributed by atoms with Gasteiger partial charge in [-0.2, -0.15) is 0 Å². The summed E-state index contributed by atoms with van der Waals surface area (Å²) in [5, 5.41) is 0. The van der Waals surface area contributed by atoms with Gasteiger partial charge < -0.3 is 0 Å². The van der Waals surface area contributed by atoms with Crippen LogP contribution in [0.5, 0.6) is 0 Å². The second-order valence-corrected chi connectivity index (χ2v) is 5.85. The van der Waals surface area contributed by atoms with Crippen molar-refractivity contribution in [2.45, 2.75) is 6.92 Å². The monoisotopic (exact) mass is 293 g/mol. The highest BCUT2D eigenvalue weighted by Crippen LogP contribution is 2.15. The lowest BCUT2D eigenvalue weighted by atomic mass is 10.3. The van der Waals surface area contributed by atoms with E-state index < -0.39 is 0 Å². The molecule has 4 aromatic rings. The van der Waals surface area contributed by atoms with Gasteiger partial charge in [0.05, 0.1) is 21.3 Å². The lowest BCUT2D eigenvalue weighted by Crippen LogP contribution is -2.22. The highest BCUT2D eigenvalue weighted by Gasteiger charge is 2.10. The molecular weight excluding hydrogens is 282 g/mol. The molecule has 3 heterocycles. The first-order chi connectivity index (χ1) is 10.2. The van der Waals surface area contributed by atoms with Crippen molar-refractivity contribution in [1.29, 1.82) is 0 Å². The van der Waals surface area contributed by atoms with Gasteiger partial charge in [0.25, 0.3) is 5.56 Å². The Kier molecular flexibility index (Phi) is 2.62. The lowest BCUT2D eigenvalue weighted by Gasteiger charge is -1.92. The SMILES string of the molecule is Cc1cccc(/C=c2\sc3nc4ccccc4n3c2=O)n1. The maximum Gasteiger partial charge on any atom is 0.275 e. The molecule has 5 heteroatoms. The van der Waals surface area contributed by atoms with E-state index in [4.69, 9.17) is 0 Å². The van der Waals surface area contributed by atoms with Crippen LogP contribution in [0.3, 0.4) is 0 Å². The van der Waals surface area contributed by atoms with E-state index >= 15 is 0 Å². The number of benzene rings is 1. The van der Waals surface area contributed by atoms with Crippen molar-refractivity contribution in [3.05, 3.63) is 68.7 Å². The molecule has 0 atom stereocenters. The summed E-state index contributed by atoms with van der Waals surface area (Å²) < 4.78 is 2.32. The predicted molar refractivity (Wildman–Crippen MR) is 84.6 cm³/mol. The molecule has 0 fully saturated rings. The third-order valence-electron chi connectivity index (χ3n) is 3.33. The van der Waals surface area contributed by atoms with E-state index in [1.165, 1.54) is 11.3 Å². The third-order valence-corrected chi connectivity index (χ3v) is 4.30. The summed E-state index contributed by atoms with van der Waals surface area (Å²) in [6.07, 6.45) is 1.82. The molecule has 0 N–H and O–H groups in total. The van der Waals surface area contributed by atoms with Crippen LogP contribution in [-0.2, 0) is 0 Å². The molecule has 102 valence electrons. The maximum absolute atomic E-state index is 12.6. The van der Waals surface area contributed by atoms with Crippen LogP contribution in [0.1, 0.15) is 11.4 Å². The van der Waals surface area contributed by atoms with E-state index in [-0.39, 0.29) is 5.56 Å². The molecule has 21 heavy (non-hydrogen) atoms. The zero-order valence-corrected chi connectivity index (χ0v) is 12.1. The maximum atomic E-state index is 12.6. The average molecular weight is 293 g/mol. The van der Waals surface area contributed by atoms with Gasteiger partial charge in [-0.25, -0.2) is 9.38 Å². The van der Waals surface area contributed by atoms with E-state index in [1.807, 2.05) is 55.5 Å². The predicted octanol–water partition coefficient (Wildman–Crippen LogP) is 2.16. The average Bonchev–Trinajstić information content (AvgIpc) is 2.97. The number of thiazole rings is 1. The minimum Gasteiger partial charge on any atom is -0.267 e. The van der Waals surface area contributed by atoms with Crippen molar-refractivity contribution < 1.29 is 0 Å². The first-order valence-corrected chi connectivity index (χ1v) is 7.39. The lowest BCUT2D eigenvalue weighted by molar-refractivity contribution is 1.17. The summed E-state index contributed by atoms with van der Waals surface area (Å²) in [7, 11) is 0. The Morgan fingerprint density at radius 3 is 2.81 bits per heavy atom. The topological polar surface area (TPSA) is 47.3 Å². The van der Waals surface area contributed by atoms with E-state index in [0.29, 0.717) is 4.53 Å². The third kappa shape index (κ3) is 1.94. The second kappa shape index (κ2) is 4.49. The molecule has 0 aliphatic rings. The largest absolute Gasteiger partial charge is 0.275 e. The number of fused-ring (bicyclic) bond motifs is 3. The van der Waals surface area contributed by atoms with E-state index in [9.17, 15) is 4.79 Å². The normalized spacial score (nSPS) is 12.5. The van der Waals surface area contributed by atoms with Crippen molar-refractivity contribution in [2.75, 3.05) is 0 Å². The quantitative estimate of drug-likeness (QED) is 0.540. The number of para-hydroxylation sites is 2.